The smallest absolute Gasteiger partial charge is 0.174 e. The summed E-state index contributed by atoms with van der Waals surface area (Å²) in [5, 5.41) is 7.26. The number of hydrogen-bond acceptors (Lipinski definition) is 2. The van der Waals surface area contributed by atoms with Gasteiger partial charge in [-0.1, -0.05) is 91.0 Å². The second kappa shape index (κ2) is 8.80. The van der Waals surface area contributed by atoms with Gasteiger partial charge in [-0.25, -0.2) is 0 Å². The molecule has 4 aromatic heterocycles. The maximum absolute atomic E-state index is 7.02. The summed E-state index contributed by atoms with van der Waals surface area (Å²) in [5.41, 5.74) is 11.1. The first-order valence-electron chi connectivity index (χ1n) is 15.9. The van der Waals surface area contributed by atoms with E-state index in [1.165, 1.54) is 49.1 Å². The first kappa shape index (κ1) is 24.3. The third kappa shape index (κ3) is 3.08. The molecule has 1 aliphatic rings. The van der Waals surface area contributed by atoms with Crippen molar-refractivity contribution in [1.82, 2.24) is 9.13 Å². The summed E-state index contributed by atoms with van der Waals surface area (Å²) in [6.45, 7) is 0. The summed E-state index contributed by atoms with van der Waals surface area (Å²) in [6, 6.07) is 47.8. The van der Waals surface area contributed by atoms with Gasteiger partial charge in [-0.05, 0) is 55.3 Å². The third-order valence-corrected chi connectivity index (χ3v) is 10.0. The highest BCUT2D eigenvalue weighted by Gasteiger charge is 2.30. The number of para-hydroxylation sites is 5. The van der Waals surface area contributed by atoms with Gasteiger partial charge in [0.15, 0.2) is 17.1 Å². The van der Waals surface area contributed by atoms with Crippen LogP contribution in [0.25, 0.3) is 88.4 Å². The highest BCUT2D eigenvalue weighted by Crippen LogP contribution is 2.47. The van der Waals surface area contributed by atoms with Crippen LogP contribution in [0.1, 0.15) is 11.1 Å². The maximum atomic E-state index is 7.02. The largest absolute Gasteiger partial charge is 0.452 e. The Labute approximate surface area is 263 Å². The summed E-state index contributed by atoms with van der Waals surface area (Å²) in [7, 11) is 0. The van der Waals surface area contributed by atoms with E-state index in [0.29, 0.717) is 0 Å². The molecule has 4 heteroatoms. The van der Waals surface area contributed by atoms with E-state index < -0.39 is 0 Å². The quantitative estimate of drug-likeness (QED) is 0.201. The van der Waals surface area contributed by atoms with Crippen LogP contribution in [0.15, 0.2) is 142 Å². The summed E-state index contributed by atoms with van der Waals surface area (Å²) in [4.78, 5) is 0. The fourth-order valence-corrected chi connectivity index (χ4v) is 8.11. The number of fused-ring (bicyclic) bond motifs is 13. The molecule has 0 amide bonds. The number of furan rings is 2. The Hall–Kier alpha value is -6.00. The van der Waals surface area contributed by atoms with Crippen molar-refractivity contribution in [3.8, 4) is 22.9 Å². The van der Waals surface area contributed by atoms with Crippen molar-refractivity contribution in [2.75, 3.05) is 0 Å². The zero-order chi connectivity index (χ0) is 29.9. The van der Waals surface area contributed by atoms with Gasteiger partial charge in [-0.15, -0.1) is 0 Å². The van der Waals surface area contributed by atoms with Crippen LogP contribution < -0.4 is 0 Å². The molecular formula is C42H26N2O2. The predicted octanol–water partition coefficient (Wildman–Crippen LogP) is 11.1. The number of nitrogens with zero attached hydrogens (tertiary/aromatic N) is 2. The maximum Gasteiger partial charge on any atom is 0.174 e. The van der Waals surface area contributed by atoms with Crippen molar-refractivity contribution >= 4 is 65.6 Å². The van der Waals surface area contributed by atoms with Crippen LogP contribution in [0.4, 0.5) is 0 Å². The SMILES string of the molecule is c1ccc2c3c(oc2c1)-c1oc2c(-n4c5ccccc5c5ccccc54)cc(-n4c5ccccc5c5ccccc54)cc2c1CC3. The zero-order valence-corrected chi connectivity index (χ0v) is 24.8. The van der Waals surface area contributed by atoms with Crippen molar-refractivity contribution in [1.29, 1.82) is 0 Å². The molecule has 0 N–H and O–H groups in total. The fraction of sp³-hybridized carbons (Fsp3) is 0.0476. The van der Waals surface area contributed by atoms with Gasteiger partial charge in [0.25, 0.3) is 0 Å². The number of rotatable bonds is 2. The molecule has 0 aliphatic heterocycles. The molecular weight excluding hydrogens is 564 g/mol. The standard InChI is InChI=1S/C42H26N2O2/c1-6-16-34-26(11-1)27-12-2-7-17-35(27)43(34)25-23-33-32-22-21-31-30-15-5-10-20-39(30)45-41(31)42(32)46-40(33)38(24-25)44-36-18-8-3-13-28(36)29-14-4-9-19-37(29)44/h1-20,23-24H,21-22H2. The Bertz CT molecular complexity index is 2770. The van der Waals surface area contributed by atoms with Gasteiger partial charge in [-0.3, -0.25) is 0 Å². The third-order valence-electron chi connectivity index (χ3n) is 10.0. The Morgan fingerprint density at radius 3 is 1.46 bits per heavy atom. The normalized spacial score (nSPS) is 13.0. The molecule has 0 bridgehead atoms. The Morgan fingerprint density at radius 1 is 0.413 bits per heavy atom. The Morgan fingerprint density at radius 2 is 0.870 bits per heavy atom. The minimum absolute atomic E-state index is 0.855. The lowest BCUT2D eigenvalue weighted by Gasteiger charge is -2.14. The molecule has 4 heterocycles. The zero-order valence-electron chi connectivity index (χ0n) is 24.8. The topological polar surface area (TPSA) is 36.1 Å². The van der Waals surface area contributed by atoms with Gasteiger partial charge in [0.05, 0.1) is 27.8 Å². The van der Waals surface area contributed by atoms with Crippen LogP contribution in [0.2, 0.25) is 0 Å². The molecule has 0 atom stereocenters. The first-order chi connectivity index (χ1) is 22.8. The van der Waals surface area contributed by atoms with E-state index in [4.69, 9.17) is 8.83 Å². The highest BCUT2D eigenvalue weighted by atomic mass is 16.4. The van der Waals surface area contributed by atoms with Crippen molar-refractivity contribution in [2.45, 2.75) is 12.8 Å². The molecule has 0 radical (unpaired) electrons. The number of hydrogen-bond donors (Lipinski definition) is 0. The second-order valence-corrected chi connectivity index (χ2v) is 12.4. The lowest BCUT2D eigenvalue weighted by atomic mass is 9.92. The monoisotopic (exact) mass is 590 g/mol. The highest BCUT2D eigenvalue weighted by molar-refractivity contribution is 6.12. The lowest BCUT2D eigenvalue weighted by Crippen LogP contribution is -2.01. The van der Waals surface area contributed by atoms with E-state index >= 15 is 0 Å². The molecule has 1 aliphatic carbocycles. The van der Waals surface area contributed by atoms with Gasteiger partial charge >= 0.3 is 0 Å². The molecule has 10 aromatic rings. The summed E-state index contributed by atoms with van der Waals surface area (Å²) >= 11 is 0. The van der Waals surface area contributed by atoms with Crippen molar-refractivity contribution in [3.05, 3.63) is 145 Å². The molecule has 0 unspecified atom stereocenters. The van der Waals surface area contributed by atoms with Crippen LogP contribution >= 0.6 is 0 Å². The van der Waals surface area contributed by atoms with E-state index in [9.17, 15) is 0 Å². The molecule has 46 heavy (non-hydrogen) atoms. The molecule has 11 rings (SSSR count). The molecule has 0 saturated heterocycles. The van der Waals surface area contributed by atoms with E-state index in [2.05, 4.69) is 137 Å². The Kier molecular flexibility index (Phi) is 4.66. The van der Waals surface area contributed by atoms with Gasteiger partial charge < -0.3 is 18.0 Å². The molecule has 216 valence electrons. The van der Waals surface area contributed by atoms with E-state index in [0.717, 1.165) is 63.3 Å². The molecule has 0 fully saturated rings. The first-order valence-corrected chi connectivity index (χ1v) is 15.9. The minimum atomic E-state index is 0.855. The predicted molar refractivity (Wildman–Crippen MR) is 188 cm³/mol. The van der Waals surface area contributed by atoms with Crippen molar-refractivity contribution < 1.29 is 8.83 Å². The average molecular weight is 591 g/mol. The molecule has 0 spiro atoms. The van der Waals surface area contributed by atoms with Crippen LogP contribution in [-0.2, 0) is 12.8 Å². The summed E-state index contributed by atoms with van der Waals surface area (Å²) in [5.74, 6) is 1.72. The second-order valence-electron chi connectivity index (χ2n) is 12.4. The fourth-order valence-electron chi connectivity index (χ4n) is 8.11. The van der Waals surface area contributed by atoms with Crippen molar-refractivity contribution in [2.24, 2.45) is 0 Å². The van der Waals surface area contributed by atoms with E-state index in [1.54, 1.807) is 0 Å². The number of aryl methyl sites for hydroxylation is 2. The lowest BCUT2D eigenvalue weighted by molar-refractivity contribution is 0.556. The van der Waals surface area contributed by atoms with Crippen LogP contribution in [-0.4, -0.2) is 9.13 Å². The molecule has 4 nitrogen and oxygen atoms in total. The van der Waals surface area contributed by atoms with Gasteiger partial charge in [0, 0.05) is 49.1 Å². The average Bonchev–Trinajstić information content (AvgIpc) is 3.86. The molecule has 0 saturated carbocycles. The van der Waals surface area contributed by atoms with Gasteiger partial charge in [-0.2, -0.15) is 0 Å². The minimum Gasteiger partial charge on any atom is -0.452 e. The van der Waals surface area contributed by atoms with Crippen LogP contribution in [0, 0.1) is 0 Å². The van der Waals surface area contributed by atoms with Gasteiger partial charge in [0.2, 0.25) is 0 Å². The van der Waals surface area contributed by atoms with E-state index in [1.807, 2.05) is 6.07 Å². The molecule has 6 aromatic carbocycles. The Balaban J connectivity index is 1.31. The van der Waals surface area contributed by atoms with E-state index in [-0.39, 0.29) is 0 Å². The number of benzene rings is 6. The number of aromatic nitrogens is 2. The van der Waals surface area contributed by atoms with Crippen LogP contribution in [0.3, 0.4) is 0 Å². The summed E-state index contributed by atoms with van der Waals surface area (Å²) < 4.78 is 18.4. The summed E-state index contributed by atoms with van der Waals surface area (Å²) in [6.07, 6.45) is 1.81. The van der Waals surface area contributed by atoms with Crippen molar-refractivity contribution in [3.63, 3.8) is 0 Å². The van der Waals surface area contributed by atoms with Crippen LogP contribution in [0.5, 0.6) is 0 Å². The van der Waals surface area contributed by atoms with Gasteiger partial charge in [0.1, 0.15) is 5.58 Å².